The summed E-state index contributed by atoms with van der Waals surface area (Å²) < 4.78 is 0. The van der Waals surface area contributed by atoms with E-state index in [9.17, 15) is 4.79 Å². The molecule has 0 saturated heterocycles. The quantitative estimate of drug-likeness (QED) is 0.903. The fourth-order valence-electron chi connectivity index (χ4n) is 3.14. The molecular formula is C18H28N2O. The molecule has 1 aromatic rings. The Kier molecular flexibility index (Phi) is 5.40. The highest BCUT2D eigenvalue weighted by molar-refractivity contribution is 5.96. The monoisotopic (exact) mass is 288 g/mol. The molecule has 1 aliphatic heterocycles. The number of carbonyl (C=O) groups is 1. The largest absolute Gasteiger partial charge is 0.328 e. The lowest BCUT2D eigenvalue weighted by atomic mass is 9.92. The van der Waals surface area contributed by atoms with Gasteiger partial charge in [0.1, 0.15) is 0 Å². The molecule has 0 fully saturated rings. The van der Waals surface area contributed by atoms with E-state index in [0.29, 0.717) is 5.92 Å². The van der Waals surface area contributed by atoms with Crippen molar-refractivity contribution in [2.75, 3.05) is 11.4 Å². The fraction of sp³-hybridized carbons (Fsp3) is 0.611. The van der Waals surface area contributed by atoms with E-state index in [2.05, 4.69) is 25.1 Å². The van der Waals surface area contributed by atoms with Crippen LogP contribution in [0, 0.1) is 11.8 Å². The number of nitrogens with two attached hydrogens (primary N) is 1. The van der Waals surface area contributed by atoms with Crippen molar-refractivity contribution in [1.82, 2.24) is 0 Å². The summed E-state index contributed by atoms with van der Waals surface area (Å²) >= 11 is 0. The van der Waals surface area contributed by atoms with Crippen molar-refractivity contribution in [2.24, 2.45) is 17.6 Å². The molecule has 3 atom stereocenters. The summed E-state index contributed by atoms with van der Waals surface area (Å²) in [6.45, 7) is 7.13. The third-order valence-corrected chi connectivity index (χ3v) is 4.33. The number of hydrogen-bond donors (Lipinski definition) is 1. The zero-order valence-corrected chi connectivity index (χ0v) is 13.5. The minimum absolute atomic E-state index is 0.0714. The second-order valence-corrected chi connectivity index (χ2v) is 6.70. The minimum Gasteiger partial charge on any atom is -0.328 e. The highest BCUT2D eigenvalue weighted by atomic mass is 16.2. The standard InChI is InChI=1S/C18H28N2O/c1-13-11-16-9-4-5-10-17(16)20(12-13)18(21)14(2)7-6-8-15(3)19/h4-5,9-10,13-15H,6-8,11-12,19H2,1-3H3. The lowest BCUT2D eigenvalue weighted by Crippen LogP contribution is -2.42. The van der Waals surface area contributed by atoms with E-state index in [1.54, 1.807) is 0 Å². The average Bonchev–Trinajstić information content (AvgIpc) is 2.45. The van der Waals surface area contributed by atoms with Crippen molar-refractivity contribution >= 4 is 11.6 Å². The molecule has 1 amide bonds. The van der Waals surface area contributed by atoms with Crippen molar-refractivity contribution in [3.05, 3.63) is 29.8 Å². The Morgan fingerprint density at radius 3 is 2.76 bits per heavy atom. The molecule has 1 aliphatic rings. The average molecular weight is 288 g/mol. The Bertz CT molecular complexity index is 484. The first-order valence-corrected chi connectivity index (χ1v) is 8.14. The number of para-hydroxylation sites is 1. The van der Waals surface area contributed by atoms with E-state index in [1.807, 2.05) is 24.8 Å². The van der Waals surface area contributed by atoms with Crippen LogP contribution >= 0.6 is 0 Å². The predicted molar refractivity (Wildman–Crippen MR) is 88.3 cm³/mol. The van der Waals surface area contributed by atoms with Crippen LogP contribution in [0.2, 0.25) is 0 Å². The van der Waals surface area contributed by atoms with E-state index >= 15 is 0 Å². The zero-order valence-electron chi connectivity index (χ0n) is 13.5. The van der Waals surface area contributed by atoms with Gasteiger partial charge in [-0.3, -0.25) is 4.79 Å². The lowest BCUT2D eigenvalue weighted by molar-refractivity contribution is -0.122. The van der Waals surface area contributed by atoms with Gasteiger partial charge >= 0.3 is 0 Å². The number of fused-ring (bicyclic) bond motifs is 1. The molecule has 116 valence electrons. The molecule has 0 spiro atoms. The second kappa shape index (κ2) is 7.08. The Morgan fingerprint density at radius 1 is 1.33 bits per heavy atom. The lowest BCUT2D eigenvalue weighted by Gasteiger charge is -2.34. The third kappa shape index (κ3) is 4.07. The van der Waals surface area contributed by atoms with E-state index in [-0.39, 0.29) is 17.9 Å². The van der Waals surface area contributed by atoms with Gasteiger partial charge in [-0.15, -0.1) is 0 Å². The first-order chi connectivity index (χ1) is 9.99. The summed E-state index contributed by atoms with van der Waals surface area (Å²) in [6, 6.07) is 8.53. The van der Waals surface area contributed by atoms with Gasteiger partial charge in [0.25, 0.3) is 0 Å². The van der Waals surface area contributed by atoms with Crippen LogP contribution in [0.4, 0.5) is 5.69 Å². The molecule has 2 N–H and O–H groups in total. The summed E-state index contributed by atoms with van der Waals surface area (Å²) in [7, 11) is 0. The van der Waals surface area contributed by atoms with Crippen molar-refractivity contribution in [3.63, 3.8) is 0 Å². The van der Waals surface area contributed by atoms with Gasteiger partial charge in [0.15, 0.2) is 0 Å². The maximum absolute atomic E-state index is 12.8. The third-order valence-electron chi connectivity index (χ3n) is 4.33. The molecule has 0 aliphatic carbocycles. The smallest absolute Gasteiger partial charge is 0.229 e. The van der Waals surface area contributed by atoms with E-state index in [1.165, 1.54) is 5.56 Å². The Morgan fingerprint density at radius 2 is 2.05 bits per heavy atom. The molecule has 3 heteroatoms. The Hall–Kier alpha value is -1.35. The molecule has 0 saturated carbocycles. The minimum atomic E-state index is 0.0714. The first kappa shape index (κ1) is 16.0. The van der Waals surface area contributed by atoms with Crippen LogP contribution in [0.15, 0.2) is 24.3 Å². The molecule has 3 nitrogen and oxygen atoms in total. The maximum atomic E-state index is 12.8. The first-order valence-electron chi connectivity index (χ1n) is 8.14. The van der Waals surface area contributed by atoms with Crippen molar-refractivity contribution in [2.45, 2.75) is 52.5 Å². The summed E-state index contributed by atoms with van der Waals surface area (Å²) in [5.41, 5.74) is 8.19. The topological polar surface area (TPSA) is 46.3 Å². The van der Waals surface area contributed by atoms with Crippen molar-refractivity contribution < 1.29 is 4.79 Å². The van der Waals surface area contributed by atoms with Crippen LogP contribution in [0.25, 0.3) is 0 Å². The van der Waals surface area contributed by atoms with Gasteiger partial charge in [0.2, 0.25) is 5.91 Å². The summed E-state index contributed by atoms with van der Waals surface area (Å²) in [6.07, 6.45) is 4.01. The molecule has 1 aromatic carbocycles. The Balaban J connectivity index is 2.05. The normalized spacial score (nSPS) is 20.8. The molecule has 2 rings (SSSR count). The molecule has 0 aromatic heterocycles. The van der Waals surface area contributed by atoms with E-state index in [0.717, 1.165) is 37.9 Å². The molecule has 0 radical (unpaired) electrons. The molecule has 0 bridgehead atoms. The number of nitrogens with zero attached hydrogens (tertiary/aromatic N) is 1. The van der Waals surface area contributed by atoms with Crippen LogP contribution in [-0.2, 0) is 11.2 Å². The van der Waals surface area contributed by atoms with Gasteiger partial charge in [-0.05, 0) is 43.7 Å². The molecule has 3 unspecified atom stereocenters. The fourth-order valence-corrected chi connectivity index (χ4v) is 3.14. The zero-order chi connectivity index (χ0) is 15.4. The van der Waals surface area contributed by atoms with Gasteiger partial charge in [-0.25, -0.2) is 0 Å². The van der Waals surface area contributed by atoms with E-state index in [4.69, 9.17) is 5.73 Å². The van der Waals surface area contributed by atoms with Gasteiger partial charge < -0.3 is 10.6 Å². The number of anilines is 1. The van der Waals surface area contributed by atoms with Crippen LogP contribution < -0.4 is 10.6 Å². The number of hydrogen-bond acceptors (Lipinski definition) is 2. The van der Waals surface area contributed by atoms with E-state index < -0.39 is 0 Å². The highest BCUT2D eigenvalue weighted by Gasteiger charge is 2.28. The van der Waals surface area contributed by atoms with Crippen LogP contribution in [0.1, 0.15) is 45.6 Å². The van der Waals surface area contributed by atoms with Gasteiger partial charge in [-0.1, -0.05) is 38.5 Å². The maximum Gasteiger partial charge on any atom is 0.229 e. The van der Waals surface area contributed by atoms with Crippen molar-refractivity contribution in [3.8, 4) is 0 Å². The van der Waals surface area contributed by atoms with Gasteiger partial charge in [-0.2, -0.15) is 0 Å². The second-order valence-electron chi connectivity index (χ2n) is 6.70. The van der Waals surface area contributed by atoms with Crippen LogP contribution in [0.3, 0.4) is 0 Å². The number of carbonyl (C=O) groups excluding carboxylic acids is 1. The molecule has 21 heavy (non-hydrogen) atoms. The molecule has 1 heterocycles. The highest BCUT2D eigenvalue weighted by Crippen LogP contribution is 2.31. The SMILES string of the molecule is CC(N)CCCC(C)C(=O)N1CC(C)Cc2ccccc21. The molecular weight excluding hydrogens is 260 g/mol. The predicted octanol–water partition coefficient (Wildman–Crippen LogP) is 3.37. The Labute approximate surface area is 128 Å². The van der Waals surface area contributed by atoms with Gasteiger partial charge in [0, 0.05) is 24.2 Å². The van der Waals surface area contributed by atoms with Gasteiger partial charge in [0.05, 0.1) is 0 Å². The van der Waals surface area contributed by atoms with Crippen LogP contribution in [0.5, 0.6) is 0 Å². The summed E-state index contributed by atoms with van der Waals surface area (Å²) in [4.78, 5) is 14.8. The summed E-state index contributed by atoms with van der Waals surface area (Å²) in [5.74, 6) is 0.862. The number of benzene rings is 1. The summed E-state index contributed by atoms with van der Waals surface area (Å²) in [5, 5.41) is 0. The van der Waals surface area contributed by atoms with Crippen LogP contribution in [-0.4, -0.2) is 18.5 Å². The number of rotatable bonds is 5. The van der Waals surface area contributed by atoms with Crippen molar-refractivity contribution in [1.29, 1.82) is 0 Å². The number of amides is 1.